The number of likely N-dealkylation sites (N-methyl/N-ethyl adjacent to an activating group) is 1. The fraction of sp³-hybridized carbons (Fsp3) is 0.467. The highest BCUT2D eigenvalue weighted by Gasteiger charge is 2.34. The standard InChI is InChI=1S/C15H21N3O2/c1-4-16-15(3,14(19)20)9-11(2)18-13-8-6-5-7-12(13)10-17-18/h5-8,10-11,16H,4,9H2,1-3H3,(H,19,20). The van der Waals surface area contributed by atoms with Gasteiger partial charge < -0.3 is 10.4 Å². The molecule has 0 aliphatic carbocycles. The van der Waals surface area contributed by atoms with Crippen molar-refractivity contribution in [3.8, 4) is 0 Å². The molecule has 1 aromatic heterocycles. The van der Waals surface area contributed by atoms with Crippen LogP contribution in [0.1, 0.15) is 33.2 Å². The Morgan fingerprint density at radius 1 is 1.50 bits per heavy atom. The second kappa shape index (κ2) is 5.63. The van der Waals surface area contributed by atoms with Gasteiger partial charge in [0.2, 0.25) is 0 Å². The summed E-state index contributed by atoms with van der Waals surface area (Å²) < 4.78 is 1.90. The number of aromatic nitrogens is 2. The maximum Gasteiger partial charge on any atom is 0.323 e. The lowest BCUT2D eigenvalue weighted by Crippen LogP contribution is -2.50. The number of carboxylic acids is 1. The first-order valence-corrected chi connectivity index (χ1v) is 6.88. The van der Waals surface area contributed by atoms with Crippen LogP contribution >= 0.6 is 0 Å². The molecule has 2 rings (SSSR count). The topological polar surface area (TPSA) is 67.2 Å². The van der Waals surface area contributed by atoms with E-state index in [9.17, 15) is 9.90 Å². The van der Waals surface area contributed by atoms with Crippen LogP contribution in [0, 0.1) is 0 Å². The number of benzene rings is 1. The molecule has 0 saturated heterocycles. The SMILES string of the molecule is CCNC(C)(CC(C)n1ncc2ccccc21)C(=O)O. The summed E-state index contributed by atoms with van der Waals surface area (Å²) in [5, 5.41) is 18.0. The van der Waals surface area contributed by atoms with Crippen molar-refractivity contribution in [1.82, 2.24) is 15.1 Å². The molecule has 2 aromatic rings. The van der Waals surface area contributed by atoms with Crippen molar-refractivity contribution < 1.29 is 9.90 Å². The number of rotatable bonds is 6. The number of nitrogens with zero attached hydrogens (tertiary/aromatic N) is 2. The van der Waals surface area contributed by atoms with Gasteiger partial charge in [-0.15, -0.1) is 0 Å². The lowest BCUT2D eigenvalue weighted by Gasteiger charge is -2.29. The Bertz CT molecular complexity index is 608. The summed E-state index contributed by atoms with van der Waals surface area (Å²) in [4.78, 5) is 11.5. The molecule has 2 N–H and O–H groups in total. The van der Waals surface area contributed by atoms with Crippen LogP contribution in [0.15, 0.2) is 30.5 Å². The maximum atomic E-state index is 11.5. The molecule has 0 aliphatic rings. The van der Waals surface area contributed by atoms with E-state index in [1.54, 1.807) is 6.92 Å². The Hall–Kier alpha value is -1.88. The summed E-state index contributed by atoms with van der Waals surface area (Å²) in [5.41, 5.74) is 0.0885. The molecule has 0 fully saturated rings. The summed E-state index contributed by atoms with van der Waals surface area (Å²) in [6, 6.07) is 7.94. The lowest BCUT2D eigenvalue weighted by molar-refractivity contribution is -0.144. The Morgan fingerprint density at radius 3 is 2.85 bits per heavy atom. The van der Waals surface area contributed by atoms with E-state index in [1.807, 2.05) is 49.0 Å². The van der Waals surface area contributed by atoms with Crippen LogP contribution in [0.3, 0.4) is 0 Å². The zero-order chi connectivity index (χ0) is 14.8. The summed E-state index contributed by atoms with van der Waals surface area (Å²) in [6.45, 7) is 6.25. The molecule has 1 aromatic carbocycles. The Morgan fingerprint density at radius 2 is 2.20 bits per heavy atom. The molecule has 0 amide bonds. The third-order valence-electron chi connectivity index (χ3n) is 3.66. The molecule has 2 unspecified atom stereocenters. The molecule has 20 heavy (non-hydrogen) atoms. The quantitative estimate of drug-likeness (QED) is 0.849. The van der Waals surface area contributed by atoms with E-state index in [-0.39, 0.29) is 6.04 Å². The highest BCUT2D eigenvalue weighted by atomic mass is 16.4. The van der Waals surface area contributed by atoms with Crippen molar-refractivity contribution in [2.75, 3.05) is 6.54 Å². The van der Waals surface area contributed by atoms with Crippen molar-refractivity contribution in [1.29, 1.82) is 0 Å². The third-order valence-corrected chi connectivity index (χ3v) is 3.66. The van der Waals surface area contributed by atoms with Gasteiger partial charge in [0, 0.05) is 5.39 Å². The first kappa shape index (κ1) is 14.5. The average Bonchev–Trinajstić information content (AvgIpc) is 2.82. The summed E-state index contributed by atoms with van der Waals surface area (Å²) >= 11 is 0. The zero-order valence-corrected chi connectivity index (χ0v) is 12.1. The van der Waals surface area contributed by atoms with E-state index in [0.717, 1.165) is 10.9 Å². The van der Waals surface area contributed by atoms with Crippen molar-refractivity contribution in [2.45, 2.75) is 38.8 Å². The summed E-state index contributed by atoms with van der Waals surface area (Å²) in [6.07, 6.45) is 2.29. The van der Waals surface area contributed by atoms with Crippen molar-refractivity contribution >= 4 is 16.9 Å². The minimum atomic E-state index is -0.943. The minimum absolute atomic E-state index is 0.00458. The molecule has 0 bridgehead atoms. The molecule has 2 atom stereocenters. The predicted molar refractivity (Wildman–Crippen MR) is 78.8 cm³/mol. The van der Waals surface area contributed by atoms with Crippen LogP contribution in [0.5, 0.6) is 0 Å². The first-order chi connectivity index (χ1) is 9.48. The first-order valence-electron chi connectivity index (χ1n) is 6.88. The molecular weight excluding hydrogens is 254 g/mol. The van der Waals surface area contributed by atoms with E-state index in [4.69, 9.17) is 0 Å². The predicted octanol–water partition coefficient (Wildman–Crippen LogP) is 2.44. The molecule has 0 saturated carbocycles. The van der Waals surface area contributed by atoms with Crippen LogP contribution in [0.4, 0.5) is 0 Å². The number of aliphatic carboxylic acids is 1. The van der Waals surface area contributed by atoms with Crippen LogP contribution in [0.2, 0.25) is 0 Å². The van der Waals surface area contributed by atoms with Gasteiger partial charge >= 0.3 is 5.97 Å². The second-order valence-corrected chi connectivity index (χ2v) is 5.37. The number of hydrogen-bond donors (Lipinski definition) is 2. The number of fused-ring (bicyclic) bond motifs is 1. The van der Waals surface area contributed by atoms with Gasteiger partial charge in [0.15, 0.2) is 0 Å². The van der Waals surface area contributed by atoms with Crippen molar-refractivity contribution in [3.63, 3.8) is 0 Å². The molecule has 0 radical (unpaired) electrons. The Labute approximate surface area is 118 Å². The van der Waals surface area contributed by atoms with Gasteiger partial charge in [-0.25, -0.2) is 0 Å². The number of carboxylic acid groups (broad SMARTS) is 1. The highest BCUT2D eigenvalue weighted by Crippen LogP contribution is 2.24. The Kier molecular flexibility index (Phi) is 4.09. The van der Waals surface area contributed by atoms with E-state index in [0.29, 0.717) is 13.0 Å². The van der Waals surface area contributed by atoms with Gasteiger partial charge in [0.05, 0.1) is 17.8 Å². The van der Waals surface area contributed by atoms with Crippen LogP contribution < -0.4 is 5.32 Å². The largest absolute Gasteiger partial charge is 0.480 e. The summed E-state index contributed by atoms with van der Waals surface area (Å²) in [7, 11) is 0. The van der Waals surface area contributed by atoms with Gasteiger partial charge in [-0.2, -0.15) is 5.10 Å². The molecule has 0 aliphatic heterocycles. The fourth-order valence-corrected chi connectivity index (χ4v) is 2.65. The normalized spacial score (nSPS) is 15.9. The van der Waals surface area contributed by atoms with E-state index in [1.165, 1.54) is 0 Å². The summed E-state index contributed by atoms with van der Waals surface area (Å²) in [5.74, 6) is -0.831. The monoisotopic (exact) mass is 275 g/mol. The third kappa shape index (κ3) is 2.67. The maximum absolute atomic E-state index is 11.5. The zero-order valence-electron chi connectivity index (χ0n) is 12.1. The number of nitrogens with one attached hydrogen (secondary N) is 1. The van der Waals surface area contributed by atoms with Crippen molar-refractivity contribution in [3.05, 3.63) is 30.5 Å². The van der Waals surface area contributed by atoms with Gasteiger partial charge in [-0.3, -0.25) is 9.48 Å². The number of carbonyl (C=O) groups is 1. The molecule has 5 nitrogen and oxygen atoms in total. The molecule has 108 valence electrons. The van der Waals surface area contributed by atoms with E-state index < -0.39 is 11.5 Å². The fourth-order valence-electron chi connectivity index (χ4n) is 2.65. The van der Waals surface area contributed by atoms with Crippen molar-refractivity contribution in [2.24, 2.45) is 0 Å². The molecular formula is C15H21N3O2. The smallest absolute Gasteiger partial charge is 0.323 e. The van der Waals surface area contributed by atoms with E-state index in [2.05, 4.69) is 10.4 Å². The van der Waals surface area contributed by atoms with Gasteiger partial charge in [-0.1, -0.05) is 25.1 Å². The van der Waals surface area contributed by atoms with Gasteiger partial charge in [0.25, 0.3) is 0 Å². The number of para-hydroxylation sites is 1. The van der Waals surface area contributed by atoms with Crippen LogP contribution in [0.25, 0.3) is 10.9 Å². The molecule has 5 heteroatoms. The minimum Gasteiger partial charge on any atom is -0.480 e. The van der Waals surface area contributed by atoms with Crippen LogP contribution in [-0.2, 0) is 4.79 Å². The average molecular weight is 275 g/mol. The molecule has 0 spiro atoms. The van der Waals surface area contributed by atoms with Crippen LogP contribution in [-0.4, -0.2) is 32.9 Å². The second-order valence-electron chi connectivity index (χ2n) is 5.37. The number of hydrogen-bond acceptors (Lipinski definition) is 3. The highest BCUT2D eigenvalue weighted by molar-refractivity contribution is 5.79. The lowest BCUT2D eigenvalue weighted by atomic mass is 9.93. The Balaban J connectivity index is 2.27. The molecule has 1 heterocycles. The van der Waals surface area contributed by atoms with Gasteiger partial charge in [0.1, 0.15) is 5.54 Å². The van der Waals surface area contributed by atoms with E-state index >= 15 is 0 Å². The van der Waals surface area contributed by atoms with Gasteiger partial charge in [-0.05, 0) is 32.9 Å².